The Morgan fingerprint density at radius 1 is 1.36 bits per heavy atom. The van der Waals surface area contributed by atoms with Gasteiger partial charge in [-0.2, -0.15) is 5.26 Å². The van der Waals surface area contributed by atoms with Crippen LogP contribution in [0.2, 0.25) is 0 Å². The number of nitrogens with zero attached hydrogens (tertiary/aromatic N) is 1. The van der Waals surface area contributed by atoms with Gasteiger partial charge in [-0.1, -0.05) is 0 Å². The van der Waals surface area contributed by atoms with E-state index in [-0.39, 0.29) is 6.61 Å². The van der Waals surface area contributed by atoms with Crippen LogP contribution in [0.4, 0.5) is 22.0 Å². The summed E-state index contributed by atoms with van der Waals surface area (Å²) < 4.78 is 70.8. The smallest absolute Gasteiger partial charge is 0.466 e. The van der Waals surface area contributed by atoms with E-state index in [1.807, 2.05) is 0 Å². The Hall–Kier alpha value is -2.37. The molecule has 0 aliphatic rings. The summed E-state index contributed by atoms with van der Waals surface area (Å²) in [6.07, 6.45) is -8.89. The molecule has 0 fully saturated rings. The average molecular weight is 323 g/mol. The fourth-order valence-electron chi connectivity index (χ4n) is 1.74. The molecule has 0 saturated heterocycles. The normalized spacial score (nSPS) is 11.2. The van der Waals surface area contributed by atoms with E-state index >= 15 is 0 Å². The van der Waals surface area contributed by atoms with E-state index in [9.17, 15) is 26.7 Å². The Kier molecular flexibility index (Phi) is 5.68. The highest BCUT2D eigenvalue weighted by Crippen LogP contribution is 2.33. The molecule has 0 N–H and O–H groups in total. The quantitative estimate of drug-likeness (QED) is 0.615. The molecule has 22 heavy (non-hydrogen) atoms. The number of carbonyl (C=O) groups excluding carboxylic acids is 1. The van der Waals surface area contributed by atoms with Gasteiger partial charge in [0.05, 0.1) is 24.7 Å². The zero-order chi connectivity index (χ0) is 16.9. The number of rotatable bonds is 5. The summed E-state index contributed by atoms with van der Waals surface area (Å²) in [6.45, 7) is 1.46. The molecule has 0 heterocycles. The van der Waals surface area contributed by atoms with Crippen LogP contribution in [-0.2, 0) is 16.0 Å². The number of benzene rings is 1. The van der Waals surface area contributed by atoms with Crippen LogP contribution in [0.3, 0.4) is 0 Å². The molecular formula is C13H10F5NO3. The zero-order valence-electron chi connectivity index (χ0n) is 11.2. The first kappa shape index (κ1) is 17.7. The van der Waals surface area contributed by atoms with Gasteiger partial charge in [-0.05, 0) is 24.6 Å². The largest absolute Gasteiger partial charge is 0.573 e. The zero-order valence-corrected chi connectivity index (χ0v) is 11.2. The Bertz CT molecular complexity index is 593. The van der Waals surface area contributed by atoms with Crippen molar-refractivity contribution in [1.29, 1.82) is 5.26 Å². The van der Waals surface area contributed by atoms with E-state index in [0.717, 1.165) is 0 Å². The van der Waals surface area contributed by atoms with E-state index in [4.69, 9.17) is 5.26 Å². The second-order valence-electron chi connectivity index (χ2n) is 3.99. The highest BCUT2D eigenvalue weighted by atomic mass is 19.4. The van der Waals surface area contributed by atoms with Crippen molar-refractivity contribution >= 4 is 5.97 Å². The third kappa shape index (κ3) is 4.87. The maximum atomic E-state index is 13.0. The number of ether oxygens (including phenoxy) is 2. The van der Waals surface area contributed by atoms with Gasteiger partial charge in [0.15, 0.2) is 0 Å². The lowest BCUT2D eigenvalue weighted by atomic mass is 9.99. The van der Waals surface area contributed by atoms with Gasteiger partial charge in [0.25, 0.3) is 6.43 Å². The Labute approximate surface area is 122 Å². The number of carbonyl (C=O) groups is 1. The molecule has 120 valence electrons. The maximum absolute atomic E-state index is 13.0. The van der Waals surface area contributed by atoms with Crippen LogP contribution in [0, 0.1) is 11.3 Å². The van der Waals surface area contributed by atoms with Crippen molar-refractivity contribution < 1.29 is 36.2 Å². The lowest BCUT2D eigenvalue weighted by Crippen LogP contribution is -2.18. The van der Waals surface area contributed by atoms with Crippen LogP contribution in [0.5, 0.6) is 5.75 Å². The standard InChI is InChI=1S/C13H10F5NO3/c1-2-21-10(20)5-7-3-9(22-13(16,17)18)4-8(6-19)11(7)12(14)15/h3-4,12H,2,5H2,1H3. The molecule has 1 rings (SSSR count). The first-order valence-corrected chi connectivity index (χ1v) is 5.94. The molecule has 0 amide bonds. The molecular weight excluding hydrogens is 313 g/mol. The first-order valence-electron chi connectivity index (χ1n) is 5.94. The maximum Gasteiger partial charge on any atom is 0.573 e. The molecule has 0 unspecified atom stereocenters. The monoisotopic (exact) mass is 323 g/mol. The minimum Gasteiger partial charge on any atom is -0.466 e. The summed E-state index contributed by atoms with van der Waals surface area (Å²) in [5.74, 6) is -1.76. The average Bonchev–Trinajstić information content (AvgIpc) is 2.35. The number of alkyl halides is 5. The van der Waals surface area contributed by atoms with Crippen molar-refractivity contribution in [1.82, 2.24) is 0 Å². The van der Waals surface area contributed by atoms with Crippen LogP contribution in [0.25, 0.3) is 0 Å². The SMILES string of the molecule is CCOC(=O)Cc1cc(OC(F)(F)F)cc(C#N)c1C(F)F. The van der Waals surface area contributed by atoms with Gasteiger partial charge in [-0.25, -0.2) is 8.78 Å². The highest BCUT2D eigenvalue weighted by Gasteiger charge is 2.32. The second-order valence-corrected chi connectivity index (χ2v) is 3.99. The van der Waals surface area contributed by atoms with E-state index in [1.165, 1.54) is 13.0 Å². The molecule has 0 aliphatic heterocycles. The van der Waals surface area contributed by atoms with Gasteiger partial charge < -0.3 is 9.47 Å². The van der Waals surface area contributed by atoms with Crippen molar-refractivity contribution in [2.45, 2.75) is 26.1 Å². The van der Waals surface area contributed by atoms with E-state index in [1.54, 1.807) is 0 Å². The molecule has 0 aromatic heterocycles. The number of esters is 1. The lowest BCUT2D eigenvalue weighted by molar-refractivity contribution is -0.274. The summed E-state index contributed by atoms with van der Waals surface area (Å²) in [4.78, 5) is 11.4. The third-order valence-corrected chi connectivity index (χ3v) is 2.45. The molecule has 0 aliphatic carbocycles. The fourth-order valence-corrected chi connectivity index (χ4v) is 1.74. The highest BCUT2D eigenvalue weighted by molar-refractivity contribution is 5.74. The number of hydrogen-bond acceptors (Lipinski definition) is 4. The van der Waals surface area contributed by atoms with Crippen molar-refractivity contribution in [3.8, 4) is 11.8 Å². The molecule has 0 bridgehead atoms. The summed E-state index contributed by atoms with van der Waals surface area (Å²) in [6, 6.07) is 2.56. The van der Waals surface area contributed by atoms with Crippen molar-refractivity contribution in [2.75, 3.05) is 6.61 Å². The molecule has 0 saturated carbocycles. The van der Waals surface area contributed by atoms with Crippen molar-refractivity contribution in [3.63, 3.8) is 0 Å². The lowest BCUT2D eigenvalue weighted by Gasteiger charge is -2.14. The summed E-state index contributed by atoms with van der Waals surface area (Å²) in [5, 5.41) is 8.82. The summed E-state index contributed by atoms with van der Waals surface area (Å²) in [7, 11) is 0. The minimum absolute atomic E-state index is 0.0211. The van der Waals surface area contributed by atoms with Crippen LogP contribution in [0.1, 0.15) is 30.0 Å². The summed E-state index contributed by atoms with van der Waals surface area (Å²) >= 11 is 0. The van der Waals surface area contributed by atoms with Gasteiger partial charge in [-0.3, -0.25) is 4.79 Å². The molecule has 9 heteroatoms. The van der Waals surface area contributed by atoms with Crippen molar-refractivity contribution in [3.05, 3.63) is 28.8 Å². The van der Waals surface area contributed by atoms with Crippen molar-refractivity contribution in [2.24, 2.45) is 0 Å². The Balaban J connectivity index is 3.32. The number of halogens is 5. The topological polar surface area (TPSA) is 59.3 Å². The molecule has 4 nitrogen and oxygen atoms in total. The fraction of sp³-hybridized carbons (Fsp3) is 0.385. The van der Waals surface area contributed by atoms with Crippen LogP contribution < -0.4 is 4.74 Å². The number of nitriles is 1. The van der Waals surface area contributed by atoms with Gasteiger partial charge in [0.2, 0.25) is 0 Å². The van der Waals surface area contributed by atoms with Crippen LogP contribution in [-0.4, -0.2) is 18.9 Å². The molecule has 1 aromatic rings. The number of hydrogen-bond donors (Lipinski definition) is 0. The first-order chi connectivity index (χ1) is 10.2. The van der Waals surface area contributed by atoms with Crippen LogP contribution in [0.15, 0.2) is 12.1 Å². The van der Waals surface area contributed by atoms with Gasteiger partial charge in [0, 0.05) is 5.56 Å². The molecule has 1 aromatic carbocycles. The van der Waals surface area contributed by atoms with E-state index < -0.39 is 47.6 Å². The molecule has 0 radical (unpaired) electrons. The van der Waals surface area contributed by atoms with Gasteiger partial charge in [0.1, 0.15) is 5.75 Å². The van der Waals surface area contributed by atoms with E-state index in [2.05, 4.69) is 9.47 Å². The third-order valence-electron chi connectivity index (χ3n) is 2.45. The van der Waals surface area contributed by atoms with Crippen LogP contribution >= 0.6 is 0 Å². The Morgan fingerprint density at radius 2 is 2.00 bits per heavy atom. The summed E-state index contributed by atoms with van der Waals surface area (Å²) in [5.41, 5.74) is -1.96. The second kappa shape index (κ2) is 7.06. The Morgan fingerprint density at radius 3 is 2.45 bits per heavy atom. The van der Waals surface area contributed by atoms with Gasteiger partial charge >= 0.3 is 12.3 Å². The predicted molar refractivity (Wildman–Crippen MR) is 63.1 cm³/mol. The molecule has 0 atom stereocenters. The minimum atomic E-state index is -5.06. The molecule has 0 spiro atoms. The predicted octanol–water partition coefficient (Wildman–Crippen LogP) is 3.50. The van der Waals surface area contributed by atoms with E-state index in [0.29, 0.717) is 12.1 Å². The van der Waals surface area contributed by atoms with Gasteiger partial charge in [-0.15, -0.1) is 13.2 Å².